The van der Waals surface area contributed by atoms with Gasteiger partial charge in [-0.15, -0.1) is 24.8 Å². The number of nitrogens with zero attached hydrogens (tertiary/aromatic N) is 1. The third-order valence-electron chi connectivity index (χ3n) is 8.29. The van der Waals surface area contributed by atoms with E-state index in [-0.39, 0.29) is 49.0 Å². The molecule has 38 heavy (non-hydrogen) atoms. The molecule has 2 aliphatic rings. The number of aromatic hydroxyl groups is 1. The number of rotatable bonds is 8. The summed E-state index contributed by atoms with van der Waals surface area (Å²) in [7, 11) is 0. The van der Waals surface area contributed by atoms with Gasteiger partial charge in [0.25, 0.3) is 5.91 Å². The molecule has 1 amide bonds. The van der Waals surface area contributed by atoms with Crippen LogP contribution < -0.4 is 11.1 Å². The van der Waals surface area contributed by atoms with Crippen LogP contribution in [0.15, 0.2) is 36.4 Å². The predicted octanol–water partition coefficient (Wildman–Crippen LogP) is 5.35. The van der Waals surface area contributed by atoms with Gasteiger partial charge in [0.15, 0.2) is 0 Å². The number of nitrogens with two attached hydrogens (primary N) is 1. The van der Waals surface area contributed by atoms with Gasteiger partial charge in [-0.25, -0.2) is 0 Å². The topological polar surface area (TPSA) is 87.8 Å². The minimum absolute atomic E-state index is 0. The van der Waals surface area contributed by atoms with Crippen molar-refractivity contribution >= 4 is 30.7 Å². The van der Waals surface area contributed by atoms with Gasteiger partial charge in [-0.1, -0.05) is 43.7 Å². The predicted molar refractivity (Wildman–Crippen MR) is 159 cm³/mol. The highest BCUT2D eigenvalue weighted by atomic mass is 35.5. The van der Waals surface area contributed by atoms with E-state index in [4.69, 9.17) is 10.5 Å². The molecule has 6 nitrogen and oxygen atoms in total. The van der Waals surface area contributed by atoms with E-state index in [2.05, 4.69) is 30.1 Å². The minimum atomic E-state index is -0.147. The smallest absolute Gasteiger partial charge is 0.251 e. The lowest BCUT2D eigenvalue weighted by molar-refractivity contribution is -0.0653. The van der Waals surface area contributed by atoms with Gasteiger partial charge in [0.1, 0.15) is 5.75 Å². The fraction of sp³-hybridized carbons (Fsp3) is 0.567. The van der Waals surface area contributed by atoms with Gasteiger partial charge in [0.05, 0.1) is 12.2 Å². The molecule has 2 aromatic carbocycles. The Kier molecular flexibility index (Phi) is 12.4. The first-order valence-electron chi connectivity index (χ1n) is 13.6. The van der Waals surface area contributed by atoms with Crippen LogP contribution in [0.3, 0.4) is 0 Å². The average molecular weight is 567 g/mol. The Morgan fingerprint density at radius 3 is 2.39 bits per heavy atom. The number of carbonyl (C=O) groups is 1. The number of fused-ring (bicyclic) bond motifs is 1. The lowest BCUT2D eigenvalue weighted by Crippen LogP contribution is -2.47. The maximum Gasteiger partial charge on any atom is 0.251 e. The minimum Gasteiger partial charge on any atom is -0.507 e. The number of hydrogen-bond donors (Lipinski definition) is 3. The van der Waals surface area contributed by atoms with Crippen molar-refractivity contribution in [2.24, 2.45) is 17.6 Å². The Labute approximate surface area is 240 Å². The van der Waals surface area contributed by atoms with Crippen LogP contribution in [0, 0.1) is 25.7 Å². The SMILES string of the molecule is CCC(NC(=O)c1ccc(C)cc1)C(C)CN1CCC([C@@H]2Cc3c(ccc(C)c3O)[C@H](CN)O2)CC1.Cl.Cl. The first kappa shape index (κ1) is 32.4. The molecule has 0 aromatic heterocycles. The molecule has 2 unspecified atom stereocenters. The zero-order chi connectivity index (χ0) is 25.8. The Morgan fingerprint density at radius 2 is 1.79 bits per heavy atom. The van der Waals surface area contributed by atoms with Crippen LogP contribution in [-0.4, -0.2) is 54.2 Å². The molecule has 8 heteroatoms. The molecule has 4 rings (SSSR count). The second kappa shape index (κ2) is 14.5. The van der Waals surface area contributed by atoms with Crippen LogP contribution >= 0.6 is 24.8 Å². The molecule has 0 radical (unpaired) electrons. The van der Waals surface area contributed by atoms with Gasteiger partial charge in [-0.3, -0.25) is 4.79 Å². The molecule has 0 spiro atoms. The lowest BCUT2D eigenvalue weighted by atomic mass is 9.82. The third kappa shape index (κ3) is 7.42. The summed E-state index contributed by atoms with van der Waals surface area (Å²) < 4.78 is 6.46. The van der Waals surface area contributed by atoms with Crippen molar-refractivity contribution in [1.82, 2.24) is 10.2 Å². The monoisotopic (exact) mass is 565 g/mol. The number of aryl methyl sites for hydroxylation is 2. The van der Waals surface area contributed by atoms with Gasteiger partial charge in [-0.05, 0) is 81.3 Å². The number of phenolic OH excluding ortho intramolecular Hbond substituents is 1. The fourth-order valence-corrected chi connectivity index (χ4v) is 5.92. The van der Waals surface area contributed by atoms with Crippen LogP contribution in [0.1, 0.15) is 71.8 Å². The summed E-state index contributed by atoms with van der Waals surface area (Å²) in [5, 5.41) is 14.0. The fourth-order valence-electron chi connectivity index (χ4n) is 5.92. The molecule has 2 aromatic rings. The number of nitrogens with one attached hydrogen (secondary N) is 1. The molecule has 4 atom stereocenters. The van der Waals surface area contributed by atoms with Crippen molar-refractivity contribution in [2.45, 2.75) is 71.6 Å². The van der Waals surface area contributed by atoms with E-state index >= 15 is 0 Å². The van der Waals surface area contributed by atoms with Crippen LogP contribution in [0.25, 0.3) is 0 Å². The van der Waals surface area contributed by atoms with Crippen molar-refractivity contribution in [3.8, 4) is 5.75 Å². The molecule has 212 valence electrons. The highest BCUT2D eigenvalue weighted by Gasteiger charge is 2.35. The number of benzene rings is 2. The number of halogens is 2. The first-order valence-corrected chi connectivity index (χ1v) is 13.6. The van der Waals surface area contributed by atoms with E-state index in [1.807, 2.05) is 44.2 Å². The molecule has 4 N–H and O–H groups in total. The van der Waals surface area contributed by atoms with E-state index in [1.54, 1.807) is 0 Å². The van der Waals surface area contributed by atoms with Crippen LogP contribution in [-0.2, 0) is 11.2 Å². The molecule has 1 fully saturated rings. The van der Waals surface area contributed by atoms with Gasteiger partial charge in [0, 0.05) is 36.7 Å². The molecule has 0 aliphatic carbocycles. The maximum atomic E-state index is 12.8. The number of carbonyl (C=O) groups excluding carboxylic acids is 1. The number of phenols is 1. The summed E-state index contributed by atoms with van der Waals surface area (Å²) >= 11 is 0. The van der Waals surface area contributed by atoms with Gasteiger partial charge < -0.3 is 25.8 Å². The summed E-state index contributed by atoms with van der Waals surface area (Å²) in [4.78, 5) is 15.3. The molecule has 2 heterocycles. The van der Waals surface area contributed by atoms with Crippen molar-refractivity contribution in [2.75, 3.05) is 26.2 Å². The lowest BCUT2D eigenvalue weighted by Gasteiger charge is -2.41. The number of ether oxygens (including phenoxy) is 1. The van der Waals surface area contributed by atoms with E-state index < -0.39 is 0 Å². The first-order chi connectivity index (χ1) is 17.3. The van der Waals surface area contributed by atoms with E-state index in [9.17, 15) is 9.90 Å². The number of amides is 1. The van der Waals surface area contributed by atoms with Gasteiger partial charge in [-0.2, -0.15) is 0 Å². The van der Waals surface area contributed by atoms with Crippen LogP contribution in [0.5, 0.6) is 5.75 Å². The number of hydrogen-bond acceptors (Lipinski definition) is 5. The van der Waals surface area contributed by atoms with Crippen LogP contribution in [0.4, 0.5) is 0 Å². The van der Waals surface area contributed by atoms with Crippen molar-refractivity contribution in [3.63, 3.8) is 0 Å². The van der Waals surface area contributed by atoms with E-state index in [1.165, 1.54) is 0 Å². The Hall–Kier alpha value is -1.83. The van der Waals surface area contributed by atoms with E-state index in [0.29, 0.717) is 24.1 Å². The average Bonchev–Trinajstić information content (AvgIpc) is 2.89. The summed E-state index contributed by atoms with van der Waals surface area (Å²) in [6.45, 7) is 11.8. The zero-order valence-corrected chi connectivity index (χ0v) is 24.7. The van der Waals surface area contributed by atoms with Crippen molar-refractivity contribution in [3.05, 3.63) is 64.2 Å². The molecule has 0 bridgehead atoms. The summed E-state index contributed by atoms with van der Waals surface area (Å²) in [5.74, 6) is 1.24. The Morgan fingerprint density at radius 1 is 1.13 bits per heavy atom. The van der Waals surface area contributed by atoms with E-state index in [0.717, 1.165) is 73.1 Å². The van der Waals surface area contributed by atoms with Crippen molar-refractivity contribution in [1.29, 1.82) is 0 Å². The van der Waals surface area contributed by atoms with Gasteiger partial charge in [0.2, 0.25) is 0 Å². The number of piperidine rings is 1. The molecule has 2 aliphatic heterocycles. The maximum absolute atomic E-state index is 12.8. The summed E-state index contributed by atoms with van der Waals surface area (Å²) in [5.41, 5.74) is 10.9. The largest absolute Gasteiger partial charge is 0.507 e. The number of likely N-dealkylation sites (tertiary alicyclic amines) is 1. The van der Waals surface area contributed by atoms with Crippen LogP contribution in [0.2, 0.25) is 0 Å². The standard InChI is InChI=1S/C30H43N3O3.2ClH/c1-5-26(32-30(35)23-9-6-19(2)7-10-23)21(4)18-33-14-12-22(13-15-33)27-16-25-24(28(17-31)36-27)11-8-20(3)29(25)34;;/h6-11,21-22,26-28,34H,5,12-18,31H2,1-4H3,(H,32,35);2*1H/t21?,26?,27-,28-;;/m0../s1. The molecule has 0 saturated carbocycles. The summed E-state index contributed by atoms with van der Waals surface area (Å²) in [6, 6.07) is 11.9. The Bertz CT molecular complexity index is 1040. The zero-order valence-electron chi connectivity index (χ0n) is 23.1. The molecular formula is C30H45Cl2N3O3. The Balaban J connectivity index is 0.00000253. The second-order valence-electron chi connectivity index (χ2n) is 10.9. The van der Waals surface area contributed by atoms with Gasteiger partial charge >= 0.3 is 0 Å². The van der Waals surface area contributed by atoms with Crippen molar-refractivity contribution < 1.29 is 14.6 Å². The highest BCUT2D eigenvalue weighted by Crippen LogP contribution is 2.40. The highest BCUT2D eigenvalue weighted by molar-refractivity contribution is 5.94. The quantitative estimate of drug-likeness (QED) is 0.401. The molecular weight excluding hydrogens is 521 g/mol. The molecule has 1 saturated heterocycles. The summed E-state index contributed by atoms with van der Waals surface area (Å²) in [6.07, 6.45) is 3.75. The second-order valence-corrected chi connectivity index (χ2v) is 10.9. The normalized spacial score (nSPS) is 21.4. The third-order valence-corrected chi connectivity index (χ3v) is 8.29.